The zero-order valence-electron chi connectivity index (χ0n) is 8.74. The van der Waals surface area contributed by atoms with E-state index in [9.17, 15) is 9.18 Å². The normalized spacial score (nSPS) is 10.4. The van der Waals surface area contributed by atoms with Crippen molar-refractivity contribution in [2.24, 2.45) is 0 Å². The van der Waals surface area contributed by atoms with Crippen LogP contribution >= 0.6 is 11.3 Å². The molecule has 0 N–H and O–H groups in total. The molecule has 0 spiro atoms. The van der Waals surface area contributed by atoms with Gasteiger partial charge in [-0.1, -0.05) is 0 Å². The predicted molar refractivity (Wildman–Crippen MR) is 61.3 cm³/mol. The Bertz CT molecular complexity index is 487. The Labute approximate surface area is 96.8 Å². The number of carbonyl (C=O) groups excluding carboxylic acids is 1. The van der Waals surface area contributed by atoms with E-state index in [2.05, 4.69) is 4.98 Å². The molecular weight excluding hydrogens is 225 g/mol. The summed E-state index contributed by atoms with van der Waals surface area (Å²) in [5.74, 6) is -0.472. The third-order valence-electron chi connectivity index (χ3n) is 2.16. The lowest BCUT2D eigenvalue weighted by Gasteiger charge is -2.01. The predicted octanol–water partition coefficient (Wildman–Crippen LogP) is 3.02. The SMILES string of the molecule is Cc1cc(F)cc(C(=O)Cc2nccs2)c1. The first-order chi connectivity index (χ1) is 7.65. The maximum atomic E-state index is 13.1. The second-order valence-corrected chi connectivity index (χ2v) is 4.52. The molecule has 0 radical (unpaired) electrons. The molecule has 0 amide bonds. The number of thiazole rings is 1. The Balaban J connectivity index is 2.21. The molecule has 82 valence electrons. The molecule has 0 bridgehead atoms. The van der Waals surface area contributed by atoms with E-state index in [0.717, 1.165) is 10.6 Å². The number of aryl methyl sites for hydroxylation is 1. The smallest absolute Gasteiger partial charge is 0.169 e. The van der Waals surface area contributed by atoms with Crippen LogP contribution in [-0.4, -0.2) is 10.8 Å². The minimum Gasteiger partial charge on any atom is -0.294 e. The van der Waals surface area contributed by atoms with Crippen molar-refractivity contribution < 1.29 is 9.18 Å². The summed E-state index contributed by atoms with van der Waals surface area (Å²) >= 11 is 1.43. The molecule has 4 heteroatoms. The molecule has 1 aromatic carbocycles. The summed E-state index contributed by atoms with van der Waals surface area (Å²) in [7, 11) is 0. The molecule has 1 heterocycles. The number of hydrogen-bond donors (Lipinski definition) is 0. The second-order valence-electron chi connectivity index (χ2n) is 3.54. The van der Waals surface area contributed by atoms with E-state index >= 15 is 0 Å². The van der Waals surface area contributed by atoms with Crippen LogP contribution in [0.15, 0.2) is 29.8 Å². The Hall–Kier alpha value is -1.55. The number of rotatable bonds is 3. The van der Waals surface area contributed by atoms with E-state index < -0.39 is 0 Å². The van der Waals surface area contributed by atoms with Crippen molar-refractivity contribution >= 4 is 17.1 Å². The van der Waals surface area contributed by atoms with Crippen LogP contribution in [0.2, 0.25) is 0 Å². The summed E-state index contributed by atoms with van der Waals surface area (Å²) in [4.78, 5) is 15.8. The zero-order chi connectivity index (χ0) is 11.5. The number of aromatic nitrogens is 1. The molecule has 2 rings (SSSR count). The molecular formula is C12H10FNOS. The minimum atomic E-state index is -0.373. The van der Waals surface area contributed by atoms with Crippen molar-refractivity contribution in [2.75, 3.05) is 0 Å². The largest absolute Gasteiger partial charge is 0.294 e. The number of benzene rings is 1. The van der Waals surface area contributed by atoms with Gasteiger partial charge < -0.3 is 0 Å². The zero-order valence-corrected chi connectivity index (χ0v) is 9.55. The molecule has 0 saturated carbocycles. The van der Waals surface area contributed by atoms with Gasteiger partial charge in [-0.05, 0) is 30.7 Å². The van der Waals surface area contributed by atoms with Crippen molar-refractivity contribution in [3.8, 4) is 0 Å². The third-order valence-corrected chi connectivity index (χ3v) is 2.94. The molecule has 0 aliphatic carbocycles. The molecule has 0 atom stereocenters. The molecule has 2 nitrogen and oxygen atoms in total. The van der Waals surface area contributed by atoms with E-state index in [4.69, 9.17) is 0 Å². The maximum absolute atomic E-state index is 13.1. The van der Waals surface area contributed by atoms with Gasteiger partial charge >= 0.3 is 0 Å². The Morgan fingerprint density at radius 3 is 2.88 bits per heavy atom. The van der Waals surface area contributed by atoms with Crippen LogP contribution in [0.5, 0.6) is 0 Å². The van der Waals surface area contributed by atoms with Crippen LogP contribution in [0.3, 0.4) is 0 Å². The monoisotopic (exact) mass is 235 g/mol. The van der Waals surface area contributed by atoms with E-state index in [1.807, 2.05) is 5.38 Å². The summed E-state index contributed by atoms with van der Waals surface area (Å²) in [5, 5.41) is 2.58. The van der Waals surface area contributed by atoms with Crippen LogP contribution in [0.1, 0.15) is 20.9 Å². The summed E-state index contributed by atoms with van der Waals surface area (Å²) in [6, 6.07) is 4.36. The Morgan fingerprint density at radius 2 is 2.25 bits per heavy atom. The van der Waals surface area contributed by atoms with Crippen LogP contribution in [0.25, 0.3) is 0 Å². The van der Waals surface area contributed by atoms with Gasteiger partial charge in [-0.2, -0.15) is 0 Å². The van der Waals surface area contributed by atoms with E-state index in [0.29, 0.717) is 5.56 Å². The van der Waals surface area contributed by atoms with Gasteiger partial charge in [-0.3, -0.25) is 4.79 Å². The van der Waals surface area contributed by atoms with Gasteiger partial charge in [-0.25, -0.2) is 9.37 Å². The fourth-order valence-corrected chi connectivity index (χ4v) is 2.09. The average molecular weight is 235 g/mol. The van der Waals surface area contributed by atoms with Gasteiger partial charge in [0.2, 0.25) is 0 Å². The van der Waals surface area contributed by atoms with E-state index in [1.54, 1.807) is 19.2 Å². The number of hydrogen-bond acceptors (Lipinski definition) is 3. The molecule has 0 aliphatic heterocycles. The van der Waals surface area contributed by atoms with Gasteiger partial charge in [0.25, 0.3) is 0 Å². The van der Waals surface area contributed by atoms with E-state index in [1.165, 1.54) is 23.5 Å². The fraction of sp³-hybridized carbons (Fsp3) is 0.167. The lowest BCUT2D eigenvalue weighted by Crippen LogP contribution is -2.04. The van der Waals surface area contributed by atoms with Crippen LogP contribution in [-0.2, 0) is 6.42 Å². The van der Waals surface area contributed by atoms with Crippen molar-refractivity contribution in [3.63, 3.8) is 0 Å². The highest BCUT2D eigenvalue weighted by atomic mass is 32.1. The summed E-state index contributed by atoms with van der Waals surface area (Å²) < 4.78 is 13.1. The van der Waals surface area contributed by atoms with Crippen LogP contribution < -0.4 is 0 Å². The molecule has 1 aromatic heterocycles. The molecule has 0 aliphatic rings. The first kappa shape index (κ1) is 11.0. The lowest BCUT2D eigenvalue weighted by molar-refractivity contribution is 0.0992. The minimum absolute atomic E-state index is 0.0995. The van der Waals surface area contributed by atoms with Crippen molar-refractivity contribution in [1.29, 1.82) is 0 Å². The molecule has 2 aromatic rings. The fourth-order valence-electron chi connectivity index (χ4n) is 1.48. The topological polar surface area (TPSA) is 30.0 Å². The average Bonchev–Trinajstić information content (AvgIpc) is 2.68. The second kappa shape index (κ2) is 4.53. The number of carbonyl (C=O) groups is 1. The standard InChI is InChI=1S/C12H10FNOS/c1-8-4-9(6-10(13)5-8)11(15)7-12-14-2-3-16-12/h2-6H,7H2,1H3. The number of nitrogens with zero attached hydrogens (tertiary/aromatic N) is 1. The number of Topliss-reactive ketones (excluding diaryl/α,β-unsaturated/α-hetero) is 1. The quantitative estimate of drug-likeness (QED) is 0.765. The first-order valence-electron chi connectivity index (χ1n) is 4.84. The highest BCUT2D eigenvalue weighted by Crippen LogP contribution is 2.13. The number of ketones is 1. The Morgan fingerprint density at radius 1 is 1.44 bits per heavy atom. The third kappa shape index (κ3) is 2.52. The summed E-state index contributed by atoms with van der Waals surface area (Å²) in [6.45, 7) is 1.77. The van der Waals surface area contributed by atoms with Crippen molar-refractivity contribution in [2.45, 2.75) is 13.3 Å². The van der Waals surface area contributed by atoms with Gasteiger partial charge in [0.1, 0.15) is 10.8 Å². The highest BCUT2D eigenvalue weighted by molar-refractivity contribution is 7.09. The van der Waals surface area contributed by atoms with Crippen molar-refractivity contribution in [1.82, 2.24) is 4.98 Å². The highest BCUT2D eigenvalue weighted by Gasteiger charge is 2.10. The van der Waals surface area contributed by atoms with Gasteiger partial charge in [0, 0.05) is 17.1 Å². The molecule has 16 heavy (non-hydrogen) atoms. The lowest BCUT2D eigenvalue weighted by atomic mass is 10.1. The van der Waals surface area contributed by atoms with Gasteiger partial charge in [0.05, 0.1) is 6.42 Å². The Kier molecular flexibility index (Phi) is 3.10. The first-order valence-corrected chi connectivity index (χ1v) is 5.72. The molecule has 0 unspecified atom stereocenters. The number of halogens is 1. The van der Waals surface area contributed by atoms with Crippen LogP contribution in [0, 0.1) is 12.7 Å². The van der Waals surface area contributed by atoms with Gasteiger partial charge in [0.15, 0.2) is 5.78 Å². The van der Waals surface area contributed by atoms with Crippen molar-refractivity contribution in [3.05, 3.63) is 51.7 Å². The molecule has 0 fully saturated rings. The van der Waals surface area contributed by atoms with Crippen LogP contribution in [0.4, 0.5) is 4.39 Å². The summed E-state index contributed by atoms with van der Waals surface area (Å²) in [6.07, 6.45) is 1.89. The van der Waals surface area contributed by atoms with Gasteiger partial charge in [-0.15, -0.1) is 11.3 Å². The maximum Gasteiger partial charge on any atom is 0.169 e. The molecule has 0 saturated heterocycles. The summed E-state index contributed by atoms with van der Waals surface area (Å²) in [5.41, 5.74) is 1.16. The van der Waals surface area contributed by atoms with E-state index in [-0.39, 0.29) is 18.0 Å².